The first-order valence-electron chi connectivity index (χ1n) is 20.7. The summed E-state index contributed by atoms with van der Waals surface area (Å²) in [4.78, 5) is 5.05. The van der Waals surface area contributed by atoms with Gasteiger partial charge in [0.05, 0.1) is 16.7 Å². The molecule has 0 N–H and O–H groups in total. The Morgan fingerprint density at radius 3 is 2.03 bits per heavy atom. The van der Waals surface area contributed by atoms with Gasteiger partial charge in [-0.2, -0.15) is 0 Å². The van der Waals surface area contributed by atoms with Crippen molar-refractivity contribution in [2.75, 3.05) is 0 Å². The minimum atomic E-state index is 0.353. The molecule has 0 bridgehead atoms. The van der Waals surface area contributed by atoms with E-state index in [2.05, 4.69) is 185 Å². The van der Waals surface area contributed by atoms with E-state index in [-0.39, 0.29) is 0 Å². The summed E-state index contributed by atoms with van der Waals surface area (Å²) in [6.07, 6.45) is 10.1. The molecule has 0 amide bonds. The third kappa shape index (κ3) is 6.73. The molecule has 1 heterocycles. The quantitative estimate of drug-likeness (QED) is 0.138. The van der Waals surface area contributed by atoms with Gasteiger partial charge < -0.3 is 4.57 Å². The molecular weight excluding hydrogens is 701 g/mol. The molecular formula is C56H50N2. The van der Waals surface area contributed by atoms with Crippen LogP contribution < -0.4 is 0 Å². The topological polar surface area (TPSA) is 17.3 Å². The highest BCUT2D eigenvalue weighted by molar-refractivity contribution is 6.12. The molecule has 2 aliphatic rings. The van der Waals surface area contributed by atoms with E-state index in [4.69, 9.17) is 4.99 Å². The van der Waals surface area contributed by atoms with Crippen LogP contribution in [0.15, 0.2) is 180 Å². The second kappa shape index (κ2) is 15.4. The van der Waals surface area contributed by atoms with Gasteiger partial charge in [-0.05, 0) is 168 Å². The zero-order valence-corrected chi connectivity index (χ0v) is 34.3. The van der Waals surface area contributed by atoms with Gasteiger partial charge in [-0.3, -0.25) is 4.99 Å². The minimum absolute atomic E-state index is 0.353. The lowest BCUT2D eigenvalue weighted by molar-refractivity contribution is 0.755. The van der Waals surface area contributed by atoms with E-state index in [1.807, 2.05) is 18.2 Å². The predicted octanol–water partition coefficient (Wildman–Crippen LogP) is 15.2. The molecule has 2 aliphatic carbocycles. The fourth-order valence-electron chi connectivity index (χ4n) is 9.31. The van der Waals surface area contributed by atoms with Crippen LogP contribution in [0.25, 0.3) is 61.0 Å². The Morgan fingerprint density at radius 2 is 1.29 bits per heavy atom. The Hall–Kier alpha value is -6.51. The predicted molar refractivity (Wildman–Crippen MR) is 250 cm³/mol. The fraction of sp³-hybridized carbons (Fsp3) is 0.161. The summed E-state index contributed by atoms with van der Waals surface area (Å²) in [5.74, 6) is 0.353. The Kier molecular flexibility index (Phi) is 9.87. The summed E-state index contributed by atoms with van der Waals surface area (Å²) in [5, 5.41) is 2.53. The number of aliphatic imine (C=N–C) groups is 1. The summed E-state index contributed by atoms with van der Waals surface area (Å²) in [5.41, 5.74) is 22.1. The molecule has 1 aromatic heterocycles. The van der Waals surface area contributed by atoms with E-state index in [1.165, 1.54) is 94.3 Å². The van der Waals surface area contributed by atoms with Gasteiger partial charge in [0.1, 0.15) is 0 Å². The van der Waals surface area contributed by atoms with Crippen molar-refractivity contribution >= 4 is 49.9 Å². The van der Waals surface area contributed by atoms with Gasteiger partial charge in [0.25, 0.3) is 0 Å². The lowest BCUT2D eigenvalue weighted by Crippen LogP contribution is -2.11. The van der Waals surface area contributed by atoms with Crippen LogP contribution in [0.2, 0.25) is 0 Å². The second-order valence-electron chi connectivity index (χ2n) is 16.1. The van der Waals surface area contributed by atoms with Gasteiger partial charge in [-0.25, -0.2) is 0 Å². The average Bonchev–Trinajstić information content (AvgIpc) is 3.58. The maximum atomic E-state index is 5.05. The first-order chi connectivity index (χ1) is 28.3. The van der Waals surface area contributed by atoms with Crippen molar-refractivity contribution in [3.05, 3.63) is 209 Å². The van der Waals surface area contributed by atoms with Crippen LogP contribution in [0.5, 0.6) is 0 Å². The van der Waals surface area contributed by atoms with Crippen molar-refractivity contribution < 1.29 is 0 Å². The summed E-state index contributed by atoms with van der Waals surface area (Å²) in [6, 6.07) is 51.0. The number of rotatable bonds is 8. The number of nitrogens with zero attached hydrogens (tertiary/aromatic N) is 2. The Morgan fingerprint density at radius 1 is 0.672 bits per heavy atom. The smallest absolute Gasteiger partial charge is 0.0633 e. The van der Waals surface area contributed by atoms with Gasteiger partial charge in [0.2, 0.25) is 0 Å². The molecule has 9 rings (SSSR count). The first kappa shape index (κ1) is 37.1. The summed E-state index contributed by atoms with van der Waals surface area (Å²) in [6.45, 7) is 15.6. The molecule has 0 saturated carbocycles. The highest BCUT2D eigenvalue weighted by atomic mass is 15.0. The molecule has 7 aromatic rings. The van der Waals surface area contributed by atoms with Gasteiger partial charge in [0.15, 0.2) is 0 Å². The summed E-state index contributed by atoms with van der Waals surface area (Å²) < 4.78 is 2.42. The van der Waals surface area contributed by atoms with E-state index in [0.717, 1.165) is 36.2 Å². The van der Waals surface area contributed by atoms with Crippen molar-refractivity contribution in [1.29, 1.82) is 0 Å². The summed E-state index contributed by atoms with van der Waals surface area (Å²) in [7, 11) is 0. The first-order valence-corrected chi connectivity index (χ1v) is 20.7. The van der Waals surface area contributed by atoms with Gasteiger partial charge >= 0.3 is 0 Å². The SMILES string of the molecule is C=C(/N=C(\C)C1=C(c2cc(-c3ccc4c(c3)c3cc(C5=CCCC(c6ccccc6C)=C5C)ccc3n4-c3ccccc3)ccc2C)C(C)CC=C1)c1ccccc1. The standard InChI is InChI=1S/C56H50N2/c1-36-17-13-14-23-47(36)49-25-16-24-48(39(49)4)45-30-32-55-53(35-45)52-34-44(29-31-54(52)58(55)46-21-11-8-12-22-46)43-28-27-37(2)51(33-43)56-38(3)18-15-26-50(56)41(6)57-40(5)42-19-9-7-10-20-42/h7-15,17,19-24,26-35,38H,5,16,18,25H2,1-4,6H3/b57-41+. The molecule has 0 fully saturated rings. The normalized spacial score (nSPS) is 16.1. The van der Waals surface area contributed by atoms with Crippen LogP contribution in [-0.2, 0) is 0 Å². The van der Waals surface area contributed by atoms with E-state index >= 15 is 0 Å². The molecule has 2 heteroatoms. The van der Waals surface area contributed by atoms with Crippen molar-refractivity contribution in [3.63, 3.8) is 0 Å². The molecule has 6 aromatic carbocycles. The number of aromatic nitrogens is 1. The van der Waals surface area contributed by atoms with Crippen molar-refractivity contribution in [1.82, 2.24) is 4.57 Å². The highest BCUT2D eigenvalue weighted by Gasteiger charge is 2.23. The van der Waals surface area contributed by atoms with Gasteiger partial charge in [-0.1, -0.05) is 129 Å². The molecule has 58 heavy (non-hydrogen) atoms. The van der Waals surface area contributed by atoms with Crippen LogP contribution in [0.1, 0.15) is 73.4 Å². The van der Waals surface area contributed by atoms with Crippen molar-refractivity contribution in [2.45, 2.75) is 53.9 Å². The zero-order chi connectivity index (χ0) is 39.9. The lowest BCUT2D eigenvalue weighted by Gasteiger charge is -2.25. The molecule has 1 atom stereocenters. The van der Waals surface area contributed by atoms with Crippen LogP contribution in [-0.4, -0.2) is 10.3 Å². The minimum Gasteiger partial charge on any atom is -0.309 e. The summed E-state index contributed by atoms with van der Waals surface area (Å²) >= 11 is 0. The molecule has 0 aliphatic heterocycles. The van der Waals surface area contributed by atoms with Crippen LogP contribution in [0, 0.1) is 19.8 Å². The van der Waals surface area contributed by atoms with E-state index in [9.17, 15) is 0 Å². The van der Waals surface area contributed by atoms with Crippen molar-refractivity contribution in [3.8, 4) is 16.8 Å². The molecule has 0 radical (unpaired) electrons. The number of fused-ring (bicyclic) bond motifs is 3. The fourth-order valence-corrected chi connectivity index (χ4v) is 9.31. The molecule has 0 saturated heterocycles. The van der Waals surface area contributed by atoms with Gasteiger partial charge in [-0.15, -0.1) is 0 Å². The van der Waals surface area contributed by atoms with Crippen LogP contribution >= 0.6 is 0 Å². The number of hydrogen-bond donors (Lipinski definition) is 0. The number of hydrogen-bond acceptors (Lipinski definition) is 1. The number of allylic oxidation sites excluding steroid dienone is 8. The Labute approximate surface area is 343 Å². The maximum Gasteiger partial charge on any atom is 0.0633 e. The molecule has 2 nitrogen and oxygen atoms in total. The van der Waals surface area contributed by atoms with Crippen LogP contribution in [0.3, 0.4) is 0 Å². The Bertz CT molecular complexity index is 2910. The van der Waals surface area contributed by atoms with E-state index in [0.29, 0.717) is 5.92 Å². The monoisotopic (exact) mass is 750 g/mol. The van der Waals surface area contributed by atoms with Gasteiger partial charge in [0, 0.05) is 22.2 Å². The molecule has 1 unspecified atom stereocenters. The molecule has 0 spiro atoms. The average molecular weight is 751 g/mol. The third-order valence-electron chi connectivity index (χ3n) is 12.4. The maximum absolute atomic E-state index is 5.05. The Balaban J connectivity index is 1.18. The number of benzene rings is 6. The lowest BCUT2D eigenvalue weighted by atomic mass is 9.80. The van der Waals surface area contributed by atoms with Crippen molar-refractivity contribution in [2.24, 2.45) is 10.9 Å². The van der Waals surface area contributed by atoms with E-state index < -0.39 is 0 Å². The number of para-hydroxylation sites is 1. The van der Waals surface area contributed by atoms with Crippen LogP contribution in [0.4, 0.5) is 0 Å². The third-order valence-corrected chi connectivity index (χ3v) is 12.4. The zero-order valence-electron chi connectivity index (χ0n) is 34.3. The molecule has 284 valence electrons. The number of aryl methyl sites for hydroxylation is 2. The highest BCUT2D eigenvalue weighted by Crippen LogP contribution is 2.43. The second-order valence-corrected chi connectivity index (χ2v) is 16.1. The largest absolute Gasteiger partial charge is 0.309 e. The van der Waals surface area contributed by atoms with E-state index in [1.54, 1.807) is 0 Å².